The number of amides is 1. The van der Waals surface area contributed by atoms with Crippen LogP contribution >= 0.6 is 11.3 Å². The van der Waals surface area contributed by atoms with Crippen LogP contribution in [-0.4, -0.2) is 39.1 Å². The van der Waals surface area contributed by atoms with Crippen LogP contribution in [0.1, 0.15) is 34.8 Å². The summed E-state index contributed by atoms with van der Waals surface area (Å²) in [6, 6.07) is 1.90. The second-order valence-electron chi connectivity index (χ2n) is 5.29. The minimum Gasteiger partial charge on any atom is -0.339 e. The maximum Gasteiger partial charge on any atom is 0.254 e. The molecule has 0 atom stereocenters. The van der Waals surface area contributed by atoms with Gasteiger partial charge in [-0.1, -0.05) is 0 Å². The number of nitrogens with zero attached hydrogens (tertiary/aromatic N) is 3. The Morgan fingerprint density at radius 3 is 2.90 bits per heavy atom. The molecule has 106 valence electrons. The quantitative estimate of drug-likeness (QED) is 0.943. The van der Waals surface area contributed by atoms with E-state index in [0.29, 0.717) is 5.92 Å². The SMILES string of the molecule is Cc1nc(CC2CCN(C(=O)c3ccsc3)CC2)n[nH]1. The average Bonchev–Trinajstić information content (AvgIpc) is 3.11. The number of carbonyl (C=O) groups excluding carboxylic acids is 1. The number of aromatic amines is 1. The Kier molecular flexibility index (Phi) is 3.82. The van der Waals surface area contributed by atoms with Crippen LogP contribution in [0, 0.1) is 12.8 Å². The fraction of sp³-hybridized carbons (Fsp3) is 0.500. The maximum absolute atomic E-state index is 12.2. The van der Waals surface area contributed by atoms with Gasteiger partial charge in [0.15, 0.2) is 5.82 Å². The first-order chi connectivity index (χ1) is 9.72. The van der Waals surface area contributed by atoms with Gasteiger partial charge in [0, 0.05) is 24.9 Å². The molecule has 0 spiro atoms. The highest BCUT2D eigenvalue weighted by Crippen LogP contribution is 2.22. The maximum atomic E-state index is 12.2. The van der Waals surface area contributed by atoms with Gasteiger partial charge in [0.1, 0.15) is 5.82 Å². The number of thiophene rings is 1. The monoisotopic (exact) mass is 290 g/mol. The fourth-order valence-electron chi connectivity index (χ4n) is 2.65. The van der Waals surface area contributed by atoms with Crippen molar-refractivity contribution in [3.63, 3.8) is 0 Å². The Morgan fingerprint density at radius 2 is 2.30 bits per heavy atom. The van der Waals surface area contributed by atoms with Gasteiger partial charge >= 0.3 is 0 Å². The number of hydrogen-bond acceptors (Lipinski definition) is 4. The first kappa shape index (κ1) is 13.3. The summed E-state index contributed by atoms with van der Waals surface area (Å²) < 4.78 is 0. The molecule has 0 saturated carbocycles. The molecule has 0 unspecified atom stereocenters. The van der Waals surface area contributed by atoms with Gasteiger partial charge < -0.3 is 4.90 Å². The number of nitrogens with one attached hydrogen (secondary N) is 1. The molecular formula is C14H18N4OS. The minimum absolute atomic E-state index is 0.165. The predicted molar refractivity (Wildman–Crippen MR) is 77.8 cm³/mol. The van der Waals surface area contributed by atoms with Crippen molar-refractivity contribution in [1.82, 2.24) is 20.1 Å². The van der Waals surface area contributed by atoms with Crippen molar-refractivity contribution in [3.05, 3.63) is 34.0 Å². The van der Waals surface area contributed by atoms with Crippen LogP contribution in [0.2, 0.25) is 0 Å². The standard InChI is InChI=1S/C14H18N4OS/c1-10-15-13(17-16-10)8-11-2-5-18(6-3-11)14(19)12-4-7-20-9-12/h4,7,9,11H,2-3,5-6,8H2,1H3,(H,15,16,17). The van der Waals surface area contributed by atoms with Crippen LogP contribution in [0.4, 0.5) is 0 Å². The number of rotatable bonds is 3. The van der Waals surface area contributed by atoms with Gasteiger partial charge in [-0.25, -0.2) is 4.98 Å². The largest absolute Gasteiger partial charge is 0.339 e. The zero-order chi connectivity index (χ0) is 13.9. The summed E-state index contributed by atoms with van der Waals surface area (Å²) >= 11 is 1.57. The third-order valence-corrected chi connectivity index (χ3v) is 4.47. The highest BCUT2D eigenvalue weighted by molar-refractivity contribution is 7.08. The van der Waals surface area contributed by atoms with Crippen LogP contribution in [0.15, 0.2) is 16.8 Å². The Balaban J connectivity index is 1.53. The number of likely N-dealkylation sites (tertiary alicyclic amines) is 1. The van der Waals surface area contributed by atoms with Crippen LogP contribution in [0.5, 0.6) is 0 Å². The normalized spacial score (nSPS) is 16.6. The molecule has 0 bridgehead atoms. The summed E-state index contributed by atoms with van der Waals surface area (Å²) in [5.74, 6) is 2.50. The molecule has 0 aliphatic carbocycles. The predicted octanol–water partition coefficient (Wildman–Crippen LogP) is 2.27. The second kappa shape index (κ2) is 5.75. The highest BCUT2D eigenvalue weighted by Gasteiger charge is 2.24. The van der Waals surface area contributed by atoms with Crippen molar-refractivity contribution in [1.29, 1.82) is 0 Å². The molecule has 1 saturated heterocycles. The topological polar surface area (TPSA) is 61.9 Å². The van der Waals surface area contributed by atoms with Crippen LogP contribution in [0.25, 0.3) is 0 Å². The number of aromatic nitrogens is 3. The first-order valence-corrected chi connectivity index (χ1v) is 7.86. The van der Waals surface area contributed by atoms with E-state index in [1.165, 1.54) is 0 Å². The van der Waals surface area contributed by atoms with Gasteiger partial charge in [-0.15, -0.1) is 0 Å². The van der Waals surface area contributed by atoms with Gasteiger partial charge in [0.25, 0.3) is 5.91 Å². The molecular weight excluding hydrogens is 272 g/mol. The Labute approximate surface area is 122 Å². The Hall–Kier alpha value is -1.69. The van der Waals surface area contributed by atoms with E-state index in [2.05, 4.69) is 15.2 Å². The number of aryl methyl sites for hydroxylation is 1. The van der Waals surface area contributed by atoms with Crippen LogP contribution in [-0.2, 0) is 6.42 Å². The minimum atomic E-state index is 0.165. The summed E-state index contributed by atoms with van der Waals surface area (Å²) in [5.41, 5.74) is 0.818. The summed E-state index contributed by atoms with van der Waals surface area (Å²) in [4.78, 5) is 18.5. The van der Waals surface area contributed by atoms with E-state index in [9.17, 15) is 4.79 Å². The summed E-state index contributed by atoms with van der Waals surface area (Å²) in [5, 5.41) is 10.9. The lowest BCUT2D eigenvalue weighted by atomic mass is 9.93. The fourth-order valence-corrected chi connectivity index (χ4v) is 3.28. The molecule has 3 heterocycles. The molecule has 3 rings (SSSR count). The highest BCUT2D eigenvalue weighted by atomic mass is 32.1. The van der Waals surface area contributed by atoms with Crippen LogP contribution in [0.3, 0.4) is 0 Å². The lowest BCUT2D eigenvalue weighted by Crippen LogP contribution is -2.38. The van der Waals surface area contributed by atoms with Crippen molar-refractivity contribution >= 4 is 17.2 Å². The summed E-state index contributed by atoms with van der Waals surface area (Å²) in [6.45, 7) is 3.59. The number of H-pyrrole nitrogens is 1. The second-order valence-corrected chi connectivity index (χ2v) is 6.07. The van der Waals surface area contributed by atoms with Crippen molar-refractivity contribution in [2.24, 2.45) is 5.92 Å². The van der Waals surface area contributed by atoms with E-state index in [-0.39, 0.29) is 5.91 Å². The van der Waals surface area contributed by atoms with Gasteiger partial charge in [0.05, 0.1) is 5.56 Å². The smallest absolute Gasteiger partial charge is 0.254 e. The van der Waals surface area contributed by atoms with E-state index in [0.717, 1.165) is 49.6 Å². The van der Waals surface area contributed by atoms with Crippen molar-refractivity contribution in [2.75, 3.05) is 13.1 Å². The summed E-state index contributed by atoms with van der Waals surface area (Å²) in [7, 11) is 0. The third kappa shape index (κ3) is 2.90. The first-order valence-electron chi connectivity index (χ1n) is 6.92. The lowest BCUT2D eigenvalue weighted by Gasteiger charge is -2.31. The molecule has 2 aromatic heterocycles. The van der Waals surface area contributed by atoms with Crippen molar-refractivity contribution in [3.8, 4) is 0 Å². The molecule has 1 fully saturated rings. The Bertz CT molecular complexity index is 570. The van der Waals surface area contributed by atoms with Crippen LogP contribution < -0.4 is 0 Å². The van der Waals surface area contributed by atoms with Gasteiger partial charge in [-0.05, 0) is 37.1 Å². The van der Waals surface area contributed by atoms with Gasteiger partial charge in [-0.3, -0.25) is 9.89 Å². The van der Waals surface area contributed by atoms with E-state index in [4.69, 9.17) is 0 Å². The molecule has 0 radical (unpaired) electrons. The molecule has 1 N–H and O–H groups in total. The van der Waals surface area contributed by atoms with Gasteiger partial charge in [-0.2, -0.15) is 16.4 Å². The zero-order valence-electron chi connectivity index (χ0n) is 11.5. The molecule has 1 amide bonds. The van der Waals surface area contributed by atoms with Gasteiger partial charge in [0.2, 0.25) is 0 Å². The number of hydrogen-bond donors (Lipinski definition) is 1. The third-order valence-electron chi connectivity index (χ3n) is 3.78. The van der Waals surface area contributed by atoms with E-state index in [1.54, 1.807) is 11.3 Å². The van der Waals surface area contributed by atoms with E-state index < -0.39 is 0 Å². The zero-order valence-corrected chi connectivity index (χ0v) is 12.3. The molecule has 2 aromatic rings. The molecule has 1 aliphatic heterocycles. The lowest BCUT2D eigenvalue weighted by molar-refractivity contribution is 0.0690. The number of carbonyl (C=O) groups is 1. The summed E-state index contributed by atoms with van der Waals surface area (Å²) in [6.07, 6.45) is 2.97. The van der Waals surface area contributed by atoms with Crippen molar-refractivity contribution < 1.29 is 4.79 Å². The molecule has 6 heteroatoms. The van der Waals surface area contributed by atoms with Crippen molar-refractivity contribution in [2.45, 2.75) is 26.2 Å². The molecule has 0 aromatic carbocycles. The van der Waals surface area contributed by atoms with E-state index in [1.807, 2.05) is 28.7 Å². The van der Waals surface area contributed by atoms with E-state index >= 15 is 0 Å². The Morgan fingerprint density at radius 1 is 1.50 bits per heavy atom. The number of piperidine rings is 1. The molecule has 1 aliphatic rings. The molecule has 5 nitrogen and oxygen atoms in total. The average molecular weight is 290 g/mol. The molecule has 20 heavy (non-hydrogen) atoms.